The number of hydrogen-bond donors (Lipinski definition) is 0. The van der Waals surface area contributed by atoms with Gasteiger partial charge in [-0.05, 0) is 55.5 Å². The monoisotopic (exact) mass is 252 g/mol. The summed E-state index contributed by atoms with van der Waals surface area (Å²) in [5, 5.41) is 0. The van der Waals surface area contributed by atoms with E-state index in [0.29, 0.717) is 6.10 Å². The second kappa shape index (κ2) is 6.55. The standard InChI is InChI=1S/C15H28OSi/c1-6-14-11-10-12-15(13(14)5)16-17(7-2,8-3)9-4/h6,15H,5,7-12H2,1-4H3/b14-6-/t15-/m0/s1. The van der Waals surface area contributed by atoms with Gasteiger partial charge in [0.15, 0.2) is 8.32 Å². The first-order chi connectivity index (χ1) is 8.12. The van der Waals surface area contributed by atoms with Gasteiger partial charge in [-0.2, -0.15) is 0 Å². The highest BCUT2D eigenvalue weighted by Gasteiger charge is 2.34. The second-order valence-corrected chi connectivity index (χ2v) is 9.80. The molecule has 0 aromatic rings. The molecule has 1 aliphatic carbocycles. The molecule has 1 atom stereocenters. The van der Waals surface area contributed by atoms with E-state index in [0.717, 1.165) is 0 Å². The molecule has 1 nitrogen and oxygen atoms in total. The normalized spacial score (nSPS) is 24.4. The third-order valence-corrected chi connectivity index (χ3v) is 9.04. The predicted octanol–water partition coefficient (Wildman–Crippen LogP) is 5.06. The Labute approximate surface area is 108 Å². The first kappa shape index (κ1) is 14.7. The molecule has 2 heteroatoms. The molecule has 98 valence electrons. The van der Waals surface area contributed by atoms with E-state index in [4.69, 9.17) is 4.43 Å². The van der Waals surface area contributed by atoms with E-state index >= 15 is 0 Å². The summed E-state index contributed by atoms with van der Waals surface area (Å²) in [5.41, 5.74) is 2.68. The molecule has 0 unspecified atom stereocenters. The minimum absolute atomic E-state index is 0.307. The minimum Gasteiger partial charge on any atom is -0.410 e. The Hall–Kier alpha value is -0.343. The second-order valence-electron chi connectivity index (χ2n) is 5.08. The number of allylic oxidation sites excluding steroid dienone is 1. The fraction of sp³-hybridized carbons (Fsp3) is 0.733. The zero-order valence-corrected chi connectivity index (χ0v) is 13.0. The Morgan fingerprint density at radius 1 is 1.29 bits per heavy atom. The van der Waals surface area contributed by atoms with Crippen molar-refractivity contribution in [2.75, 3.05) is 0 Å². The Kier molecular flexibility index (Phi) is 5.67. The van der Waals surface area contributed by atoms with Crippen molar-refractivity contribution < 1.29 is 4.43 Å². The molecule has 1 rings (SSSR count). The van der Waals surface area contributed by atoms with Crippen molar-refractivity contribution >= 4 is 8.32 Å². The molecular formula is C15H28OSi. The summed E-state index contributed by atoms with van der Waals surface area (Å²) < 4.78 is 6.57. The van der Waals surface area contributed by atoms with Crippen LogP contribution < -0.4 is 0 Å². The van der Waals surface area contributed by atoms with Gasteiger partial charge in [-0.25, -0.2) is 0 Å². The van der Waals surface area contributed by atoms with Crippen LogP contribution in [0.3, 0.4) is 0 Å². The summed E-state index contributed by atoms with van der Waals surface area (Å²) in [6.45, 7) is 13.3. The van der Waals surface area contributed by atoms with Crippen LogP contribution in [0.1, 0.15) is 47.0 Å². The van der Waals surface area contributed by atoms with E-state index in [1.165, 1.54) is 48.5 Å². The molecule has 1 saturated carbocycles. The Morgan fingerprint density at radius 3 is 2.35 bits per heavy atom. The predicted molar refractivity (Wildman–Crippen MR) is 78.8 cm³/mol. The zero-order valence-electron chi connectivity index (χ0n) is 12.0. The topological polar surface area (TPSA) is 9.23 Å². The van der Waals surface area contributed by atoms with Gasteiger partial charge in [-0.15, -0.1) is 0 Å². The highest BCUT2D eigenvalue weighted by atomic mass is 28.4. The van der Waals surface area contributed by atoms with Gasteiger partial charge in [0, 0.05) is 0 Å². The van der Waals surface area contributed by atoms with Crippen molar-refractivity contribution in [2.45, 2.75) is 71.2 Å². The van der Waals surface area contributed by atoms with Crippen molar-refractivity contribution in [2.24, 2.45) is 0 Å². The van der Waals surface area contributed by atoms with E-state index in [9.17, 15) is 0 Å². The van der Waals surface area contributed by atoms with Gasteiger partial charge in [0.05, 0.1) is 6.10 Å². The maximum Gasteiger partial charge on any atom is 0.192 e. The lowest BCUT2D eigenvalue weighted by atomic mass is 9.88. The maximum atomic E-state index is 6.57. The van der Waals surface area contributed by atoms with Crippen molar-refractivity contribution in [3.8, 4) is 0 Å². The molecule has 0 bridgehead atoms. The van der Waals surface area contributed by atoms with Gasteiger partial charge in [0.1, 0.15) is 0 Å². The third kappa shape index (κ3) is 3.32. The van der Waals surface area contributed by atoms with Crippen LogP contribution in [0.25, 0.3) is 0 Å². The molecule has 0 saturated heterocycles. The number of rotatable bonds is 5. The van der Waals surface area contributed by atoms with E-state index in [1.54, 1.807) is 0 Å². The van der Waals surface area contributed by atoms with Crippen LogP contribution in [0.5, 0.6) is 0 Å². The van der Waals surface area contributed by atoms with Crippen LogP contribution in [0, 0.1) is 0 Å². The maximum absolute atomic E-state index is 6.57. The molecule has 17 heavy (non-hydrogen) atoms. The molecule has 0 radical (unpaired) electrons. The summed E-state index contributed by atoms with van der Waals surface area (Å²) in [6, 6.07) is 3.69. The molecular weight excluding hydrogens is 224 g/mol. The average Bonchev–Trinajstić information content (AvgIpc) is 2.38. The van der Waals surface area contributed by atoms with E-state index in [2.05, 4.69) is 40.3 Å². The quantitative estimate of drug-likeness (QED) is 0.621. The Morgan fingerprint density at radius 2 is 1.88 bits per heavy atom. The zero-order chi connectivity index (χ0) is 12.9. The average molecular weight is 252 g/mol. The minimum atomic E-state index is -1.48. The summed E-state index contributed by atoms with van der Waals surface area (Å²) in [6.07, 6.45) is 6.14. The van der Waals surface area contributed by atoms with Crippen LogP contribution in [0.15, 0.2) is 23.8 Å². The highest BCUT2D eigenvalue weighted by Crippen LogP contribution is 2.34. The largest absolute Gasteiger partial charge is 0.410 e. The molecule has 0 spiro atoms. The molecule has 0 heterocycles. The van der Waals surface area contributed by atoms with Gasteiger partial charge in [0.2, 0.25) is 0 Å². The van der Waals surface area contributed by atoms with Gasteiger partial charge in [-0.3, -0.25) is 0 Å². The lowest BCUT2D eigenvalue weighted by molar-refractivity contribution is 0.201. The third-order valence-electron chi connectivity index (χ3n) is 4.39. The summed E-state index contributed by atoms with van der Waals surface area (Å²) in [4.78, 5) is 0. The molecule has 0 N–H and O–H groups in total. The van der Waals surface area contributed by atoms with Crippen molar-refractivity contribution in [3.63, 3.8) is 0 Å². The van der Waals surface area contributed by atoms with E-state index in [-0.39, 0.29) is 0 Å². The van der Waals surface area contributed by atoms with Crippen LogP contribution >= 0.6 is 0 Å². The van der Waals surface area contributed by atoms with Crippen LogP contribution in [0.2, 0.25) is 18.1 Å². The lowest BCUT2D eigenvalue weighted by Gasteiger charge is -2.37. The van der Waals surface area contributed by atoms with Crippen LogP contribution in [-0.2, 0) is 4.43 Å². The smallest absolute Gasteiger partial charge is 0.192 e. The van der Waals surface area contributed by atoms with Crippen LogP contribution in [0.4, 0.5) is 0 Å². The molecule has 0 amide bonds. The summed E-state index contributed by atoms with van der Waals surface area (Å²) in [5.74, 6) is 0. The summed E-state index contributed by atoms with van der Waals surface area (Å²) in [7, 11) is -1.48. The molecule has 1 fully saturated rings. The first-order valence-electron chi connectivity index (χ1n) is 7.14. The van der Waals surface area contributed by atoms with E-state index < -0.39 is 8.32 Å². The fourth-order valence-corrected chi connectivity index (χ4v) is 5.64. The molecule has 0 aromatic heterocycles. The Balaban J connectivity index is 2.76. The van der Waals surface area contributed by atoms with E-state index in [1.807, 2.05) is 0 Å². The van der Waals surface area contributed by atoms with Crippen molar-refractivity contribution in [1.82, 2.24) is 0 Å². The van der Waals surface area contributed by atoms with Crippen LogP contribution in [-0.4, -0.2) is 14.4 Å². The highest BCUT2D eigenvalue weighted by molar-refractivity contribution is 6.73. The first-order valence-corrected chi connectivity index (χ1v) is 9.67. The SMILES string of the molecule is C=C1/C(=C\C)CCC[C@@H]1O[Si](CC)(CC)CC. The molecule has 0 aromatic carbocycles. The van der Waals surface area contributed by atoms with Gasteiger partial charge < -0.3 is 4.43 Å². The fourth-order valence-electron chi connectivity index (χ4n) is 2.78. The lowest BCUT2D eigenvalue weighted by Crippen LogP contribution is -2.41. The van der Waals surface area contributed by atoms with Crippen molar-refractivity contribution in [3.05, 3.63) is 23.8 Å². The van der Waals surface area contributed by atoms with Gasteiger partial charge in [-0.1, -0.05) is 33.4 Å². The van der Waals surface area contributed by atoms with Gasteiger partial charge in [0.25, 0.3) is 0 Å². The van der Waals surface area contributed by atoms with Crippen molar-refractivity contribution in [1.29, 1.82) is 0 Å². The number of hydrogen-bond acceptors (Lipinski definition) is 1. The van der Waals surface area contributed by atoms with Gasteiger partial charge >= 0.3 is 0 Å². The molecule has 1 aliphatic rings. The molecule has 0 aliphatic heterocycles. The summed E-state index contributed by atoms with van der Waals surface area (Å²) >= 11 is 0. The Bertz CT molecular complexity index is 281.